The van der Waals surface area contributed by atoms with Crippen LogP contribution >= 0.6 is 0 Å². The van der Waals surface area contributed by atoms with Gasteiger partial charge in [-0.2, -0.15) is 0 Å². The molecule has 96 valence electrons. The van der Waals surface area contributed by atoms with Gasteiger partial charge in [0, 0.05) is 13.2 Å². The third-order valence-corrected chi connectivity index (χ3v) is 2.13. The van der Waals surface area contributed by atoms with Gasteiger partial charge in [-0.25, -0.2) is 0 Å². The fourth-order valence-electron chi connectivity index (χ4n) is 1.24. The van der Waals surface area contributed by atoms with E-state index in [0.29, 0.717) is 43.6 Å². The summed E-state index contributed by atoms with van der Waals surface area (Å²) in [6, 6.07) is 5.31. The molecule has 0 aromatic heterocycles. The highest BCUT2D eigenvalue weighted by molar-refractivity contribution is 5.56. The van der Waals surface area contributed by atoms with Crippen LogP contribution in [-0.2, 0) is 9.47 Å². The van der Waals surface area contributed by atoms with E-state index in [-0.39, 0.29) is 0 Å². The van der Waals surface area contributed by atoms with Crippen LogP contribution < -0.4 is 15.2 Å². The lowest BCUT2D eigenvalue weighted by molar-refractivity contribution is 0.0545. The van der Waals surface area contributed by atoms with E-state index in [2.05, 4.69) is 0 Å². The zero-order valence-corrected chi connectivity index (χ0v) is 10.3. The quantitative estimate of drug-likeness (QED) is 0.549. The van der Waals surface area contributed by atoms with Crippen molar-refractivity contribution in [3.8, 4) is 11.5 Å². The van der Waals surface area contributed by atoms with Crippen LogP contribution in [0.5, 0.6) is 11.5 Å². The molecule has 2 N–H and O–H groups in total. The van der Waals surface area contributed by atoms with E-state index in [9.17, 15) is 0 Å². The van der Waals surface area contributed by atoms with Crippen molar-refractivity contribution in [1.82, 2.24) is 0 Å². The maximum atomic E-state index is 5.79. The fraction of sp³-hybridized carbons (Fsp3) is 0.500. The number of ether oxygens (including phenoxy) is 4. The first-order valence-corrected chi connectivity index (χ1v) is 5.41. The van der Waals surface area contributed by atoms with Crippen molar-refractivity contribution >= 4 is 5.69 Å². The van der Waals surface area contributed by atoms with Gasteiger partial charge >= 0.3 is 0 Å². The van der Waals surface area contributed by atoms with Crippen molar-refractivity contribution in [2.24, 2.45) is 0 Å². The minimum atomic E-state index is 0.459. The van der Waals surface area contributed by atoms with Gasteiger partial charge in [-0.05, 0) is 12.1 Å². The van der Waals surface area contributed by atoms with Gasteiger partial charge < -0.3 is 24.7 Å². The minimum Gasteiger partial charge on any atom is -0.497 e. The minimum absolute atomic E-state index is 0.459. The Kier molecular flexibility index (Phi) is 6.21. The fourth-order valence-corrected chi connectivity index (χ4v) is 1.24. The van der Waals surface area contributed by atoms with Crippen LogP contribution in [0.25, 0.3) is 0 Å². The van der Waals surface area contributed by atoms with E-state index in [1.165, 1.54) is 0 Å². The molecule has 0 spiro atoms. The first-order valence-electron chi connectivity index (χ1n) is 5.41. The summed E-state index contributed by atoms with van der Waals surface area (Å²) < 4.78 is 20.6. The summed E-state index contributed by atoms with van der Waals surface area (Å²) in [4.78, 5) is 0. The predicted octanol–water partition coefficient (Wildman–Crippen LogP) is 1.32. The van der Waals surface area contributed by atoms with Gasteiger partial charge in [0.2, 0.25) is 0 Å². The lowest BCUT2D eigenvalue weighted by Crippen LogP contribution is -2.10. The summed E-state index contributed by atoms with van der Waals surface area (Å²) in [7, 11) is 3.23. The summed E-state index contributed by atoms with van der Waals surface area (Å²) >= 11 is 0. The van der Waals surface area contributed by atoms with Crippen molar-refractivity contribution in [3.63, 3.8) is 0 Å². The van der Waals surface area contributed by atoms with E-state index < -0.39 is 0 Å². The number of nitrogen functional groups attached to an aromatic ring is 1. The van der Waals surface area contributed by atoms with Crippen molar-refractivity contribution in [3.05, 3.63) is 18.2 Å². The molecule has 0 bridgehead atoms. The first kappa shape index (κ1) is 13.6. The molecule has 1 aromatic carbocycles. The second-order valence-corrected chi connectivity index (χ2v) is 3.36. The van der Waals surface area contributed by atoms with E-state index in [1.54, 1.807) is 32.4 Å². The van der Waals surface area contributed by atoms with Gasteiger partial charge in [0.15, 0.2) is 0 Å². The molecule has 1 rings (SSSR count). The highest BCUT2D eigenvalue weighted by Crippen LogP contribution is 2.25. The SMILES string of the molecule is COCCOCCOc1ccc(OC)cc1N. The van der Waals surface area contributed by atoms with Gasteiger partial charge in [-0.15, -0.1) is 0 Å². The largest absolute Gasteiger partial charge is 0.497 e. The van der Waals surface area contributed by atoms with E-state index in [0.717, 1.165) is 0 Å². The Morgan fingerprint density at radius 1 is 1.06 bits per heavy atom. The second kappa shape index (κ2) is 7.76. The Balaban J connectivity index is 2.27. The van der Waals surface area contributed by atoms with Crippen molar-refractivity contribution in [2.45, 2.75) is 0 Å². The van der Waals surface area contributed by atoms with Crippen LogP contribution in [0.1, 0.15) is 0 Å². The van der Waals surface area contributed by atoms with Crippen LogP contribution in [0.15, 0.2) is 18.2 Å². The molecule has 0 saturated carbocycles. The molecule has 0 fully saturated rings. The third kappa shape index (κ3) is 4.93. The summed E-state index contributed by atoms with van der Waals surface area (Å²) in [6.07, 6.45) is 0. The van der Waals surface area contributed by atoms with E-state index in [1.807, 2.05) is 0 Å². The molecule has 0 amide bonds. The Hall–Kier alpha value is -1.46. The normalized spacial score (nSPS) is 10.2. The number of nitrogens with two attached hydrogens (primary N) is 1. The standard InChI is InChI=1S/C12H19NO4/c1-14-5-6-16-7-8-17-12-4-3-10(15-2)9-11(12)13/h3-4,9H,5-8,13H2,1-2H3. The number of hydrogen-bond donors (Lipinski definition) is 1. The van der Waals surface area contributed by atoms with Crippen LogP contribution in [0.4, 0.5) is 5.69 Å². The van der Waals surface area contributed by atoms with Gasteiger partial charge in [0.25, 0.3) is 0 Å². The van der Waals surface area contributed by atoms with Gasteiger partial charge in [-0.3, -0.25) is 0 Å². The van der Waals surface area contributed by atoms with E-state index >= 15 is 0 Å². The number of rotatable bonds is 8. The molecule has 17 heavy (non-hydrogen) atoms. The molecule has 0 atom stereocenters. The molecule has 0 unspecified atom stereocenters. The third-order valence-electron chi connectivity index (χ3n) is 2.13. The van der Waals surface area contributed by atoms with E-state index in [4.69, 9.17) is 24.7 Å². The van der Waals surface area contributed by atoms with Gasteiger partial charge in [0.05, 0.1) is 32.6 Å². The topological polar surface area (TPSA) is 62.9 Å². The Labute approximate surface area is 101 Å². The number of anilines is 1. The molecule has 0 aliphatic carbocycles. The van der Waals surface area contributed by atoms with Crippen molar-refractivity contribution in [1.29, 1.82) is 0 Å². The maximum absolute atomic E-state index is 5.79. The van der Waals surface area contributed by atoms with Crippen LogP contribution in [0.2, 0.25) is 0 Å². The lowest BCUT2D eigenvalue weighted by atomic mass is 10.3. The predicted molar refractivity (Wildman–Crippen MR) is 65.6 cm³/mol. The van der Waals surface area contributed by atoms with Crippen LogP contribution in [0.3, 0.4) is 0 Å². The Bertz CT molecular complexity index is 330. The zero-order valence-electron chi connectivity index (χ0n) is 10.3. The second-order valence-electron chi connectivity index (χ2n) is 3.36. The van der Waals surface area contributed by atoms with Gasteiger partial charge in [-0.1, -0.05) is 0 Å². The Morgan fingerprint density at radius 3 is 2.47 bits per heavy atom. The molecule has 5 nitrogen and oxygen atoms in total. The average molecular weight is 241 g/mol. The number of methoxy groups -OCH3 is 2. The molecule has 0 radical (unpaired) electrons. The van der Waals surface area contributed by atoms with Crippen LogP contribution in [0, 0.1) is 0 Å². The van der Waals surface area contributed by atoms with Crippen molar-refractivity contribution in [2.75, 3.05) is 46.4 Å². The van der Waals surface area contributed by atoms with Gasteiger partial charge in [0.1, 0.15) is 18.1 Å². The Morgan fingerprint density at radius 2 is 1.82 bits per heavy atom. The smallest absolute Gasteiger partial charge is 0.142 e. The van der Waals surface area contributed by atoms with Crippen molar-refractivity contribution < 1.29 is 18.9 Å². The molecular weight excluding hydrogens is 222 g/mol. The number of hydrogen-bond acceptors (Lipinski definition) is 5. The average Bonchev–Trinajstić information content (AvgIpc) is 2.35. The summed E-state index contributed by atoms with van der Waals surface area (Å²) in [5.41, 5.74) is 6.35. The molecule has 5 heteroatoms. The van der Waals surface area contributed by atoms with Crippen LogP contribution in [-0.4, -0.2) is 40.6 Å². The maximum Gasteiger partial charge on any atom is 0.142 e. The first-order chi connectivity index (χ1) is 8.27. The molecular formula is C12H19NO4. The molecule has 0 aliphatic heterocycles. The molecule has 1 aromatic rings. The lowest BCUT2D eigenvalue weighted by Gasteiger charge is -2.10. The summed E-state index contributed by atoms with van der Waals surface area (Å²) in [6.45, 7) is 2.12. The number of benzene rings is 1. The highest BCUT2D eigenvalue weighted by atomic mass is 16.5. The zero-order chi connectivity index (χ0) is 12.5. The molecule has 0 saturated heterocycles. The highest BCUT2D eigenvalue weighted by Gasteiger charge is 2.01. The summed E-state index contributed by atoms with van der Waals surface area (Å²) in [5, 5.41) is 0. The summed E-state index contributed by atoms with van der Waals surface area (Å²) in [5.74, 6) is 1.35. The molecule has 0 heterocycles. The monoisotopic (exact) mass is 241 g/mol. The molecule has 0 aliphatic rings.